The van der Waals surface area contributed by atoms with E-state index in [4.69, 9.17) is 5.11 Å². The predicted molar refractivity (Wildman–Crippen MR) is 71.4 cm³/mol. The summed E-state index contributed by atoms with van der Waals surface area (Å²) in [6.07, 6.45) is 3.98. The number of carboxylic acids is 1. The second kappa shape index (κ2) is 6.01. The van der Waals surface area contributed by atoms with Gasteiger partial charge in [-0.15, -0.1) is 0 Å². The van der Waals surface area contributed by atoms with Crippen molar-refractivity contribution in [3.05, 3.63) is 35.4 Å². The molecule has 2 N–H and O–H groups in total. The summed E-state index contributed by atoms with van der Waals surface area (Å²) in [5.41, 5.74) is 2.09. The molecule has 1 aromatic carbocycles. The highest BCUT2D eigenvalue weighted by Gasteiger charge is 2.20. The van der Waals surface area contributed by atoms with Crippen molar-refractivity contribution in [2.75, 3.05) is 0 Å². The fraction of sp³-hybridized carbons (Fsp3) is 0.533. The molecular weight excluding hydrogens is 226 g/mol. The number of rotatable bonds is 5. The van der Waals surface area contributed by atoms with E-state index in [1.165, 1.54) is 24.8 Å². The van der Waals surface area contributed by atoms with E-state index in [9.17, 15) is 4.79 Å². The van der Waals surface area contributed by atoms with Gasteiger partial charge in [0.2, 0.25) is 0 Å². The molecule has 0 aliphatic heterocycles. The predicted octanol–water partition coefficient (Wildman–Crippen LogP) is 2.59. The Kier molecular flexibility index (Phi) is 4.37. The Morgan fingerprint density at radius 3 is 2.50 bits per heavy atom. The van der Waals surface area contributed by atoms with E-state index in [0.717, 1.165) is 18.0 Å². The minimum atomic E-state index is -0.777. The molecular formula is C15H21NO2. The first-order valence-electron chi connectivity index (χ1n) is 6.66. The number of aliphatic carboxylic acids is 1. The van der Waals surface area contributed by atoms with Gasteiger partial charge < -0.3 is 10.4 Å². The van der Waals surface area contributed by atoms with Crippen LogP contribution in [0.25, 0.3) is 0 Å². The molecule has 1 aromatic rings. The summed E-state index contributed by atoms with van der Waals surface area (Å²) < 4.78 is 0. The van der Waals surface area contributed by atoms with Crippen LogP contribution >= 0.6 is 0 Å². The quantitative estimate of drug-likeness (QED) is 0.840. The van der Waals surface area contributed by atoms with E-state index in [2.05, 4.69) is 12.2 Å². The molecule has 0 aromatic heterocycles. The molecule has 0 spiro atoms. The summed E-state index contributed by atoms with van der Waals surface area (Å²) in [7, 11) is 0. The molecule has 0 heterocycles. The van der Waals surface area contributed by atoms with Crippen molar-refractivity contribution in [1.82, 2.24) is 5.32 Å². The number of benzene rings is 1. The number of carboxylic acid groups (broad SMARTS) is 1. The molecule has 1 aliphatic carbocycles. The van der Waals surface area contributed by atoms with E-state index >= 15 is 0 Å². The molecule has 0 bridgehead atoms. The Balaban J connectivity index is 1.81. The van der Waals surface area contributed by atoms with Crippen molar-refractivity contribution in [1.29, 1.82) is 0 Å². The number of carbonyl (C=O) groups is 1. The minimum absolute atomic E-state index is 0.105. The molecule has 3 heteroatoms. The third-order valence-corrected chi connectivity index (χ3v) is 3.67. The van der Waals surface area contributed by atoms with Crippen LogP contribution in [-0.4, -0.2) is 17.1 Å². The summed E-state index contributed by atoms with van der Waals surface area (Å²) in [6, 6.07) is 8.50. The lowest BCUT2D eigenvalue weighted by molar-refractivity contribution is -0.136. The minimum Gasteiger partial charge on any atom is -0.481 e. The first kappa shape index (κ1) is 13.1. The Morgan fingerprint density at radius 2 is 1.94 bits per heavy atom. The molecule has 1 saturated carbocycles. The third kappa shape index (κ3) is 3.84. The van der Waals surface area contributed by atoms with Crippen molar-refractivity contribution in [2.45, 2.75) is 45.2 Å². The normalized spacial score (nSPS) is 23.2. The average molecular weight is 247 g/mol. The third-order valence-electron chi connectivity index (χ3n) is 3.67. The van der Waals surface area contributed by atoms with Crippen molar-refractivity contribution >= 4 is 5.97 Å². The van der Waals surface area contributed by atoms with Gasteiger partial charge in [0.25, 0.3) is 0 Å². The van der Waals surface area contributed by atoms with Crippen LogP contribution in [0.3, 0.4) is 0 Å². The van der Waals surface area contributed by atoms with Crippen LogP contribution in [0.4, 0.5) is 0 Å². The van der Waals surface area contributed by atoms with Crippen LogP contribution in [0.1, 0.15) is 37.3 Å². The Labute approximate surface area is 108 Å². The zero-order valence-electron chi connectivity index (χ0n) is 10.9. The first-order valence-corrected chi connectivity index (χ1v) is 6.66. The van der Waals surface area contributed by atoms with Crippen molar-refractivity contribution in [3.8, 4) is 0 Å². The monoisotopic (exact) mass is 247 g/mol. The van der Waals surface area contributed by atoms with Gasteiger partial charge in [-0.05, 0) is 36.3 Å². The highest BCUT2D eigenvalue weighted by Crippen LogP contribution is 2.24. The van der Waals surface area contributed by atoms with Crippen LogP contribution < -0.4 is 5.32 Å². The fourth-order valence-corrected chi connectivity index (χ4v) is 2.60. The lowest BCUT2D eigenvalue weighted by atomic mass is 10.1. The molecule has 2 rings (SSSR count). The molecule has 0 amide bonds. The SMILES string of the molecule is CC1CCC(NCc2ccc(CC(=O)O)cc2)C1. The van der Waals surface area contributed by atoms with Crippen molar-refractivity contribution in [3.63, 3.8) is 0 Å². The van der Waals surface area contributed by atoms with Gasteiger partial charge in [-0.25, -0.2) is 0 Å². The van der Waals surface area contributed by atoms with Gasteiger partial charge >= 0.3 is 5.97 Å². The average Bonchev–Trinajstić information content (AvgIpc) is 2.74. The Bertz CT molecular complexity index is 399. The second-order valence-corrected chi connectivity index (χ2v) is 5.38. The second-order valence-electron chi connectivity index (χ2n) is 5.38. The largest absolute Gasteiger partial charge is 0.481 e. The topological polar surface area (TPSA) is 49.3 Å². The van der Waals surface area contributed by atoms with Gasteiger partial charge in [-0.1, -0.05) is 31.2 Å². The number of nitrogens with one attached hydrogen (secondary N) is 1. The van der Waals surface area contributed by atoms with Gasteiger partial charge in [-0.3, -0.25) is 4.79 Å². The van der Waals surface area contributed by atoms with Crippen LogP contribution in [0.2, 0.25) is 0 Å². The van der Waals surface area contributed by atoms with Crippen molar-refractivity contribution in [2.24, 2.45) is 5.92 Å². The molecule has 1 aliphatic rings. The summed E-state index contributed by atoms with van der Waals surface area (Å²) in [5.74, 6) is 0.0706. The molecule has 3 nitrogen and oxygen atoms in total. The van der Waals surface area contributed by atoms with Gasteiger partial charge in [0.05, 0.1) is 6.42 Å². The maximum Gasteiger partial charge on any atom is 0.307 e. The zero-order valence-corrected chi connectivity index (χ0v) is 10.9. The zero-order chi connectivity index (χ0) is 13.0. The highest BCUT2D eigenvalue weighted by molar-refractivity contribution is 5.70. The van der Waals surface area contributed by atoms with E-state index in [1.54, 1.807) is 0 Å². The molecule has 98 valence electrons. The van der Waals surface area contributed by atoms with Crippen LogP contribution in [0.5, 0.6) is 0 Å². The van der Waals surface area contributed by atoms with Gasteiger partial charge in [-0.2, -0.15) is 0 Å². The van der Waals surface area contributed by atoms with E-state index in [0.29, 0.717) is 6.04 Å². The number of hydrogen-bond donors (Lipinski definition) is 2. The molecule has 18 heavy (non-hydrogen) atoms. The molecule has 0 saturated heterocycles. The van der Waals surface area contributed by atoms with Crippen LogP contribution in [-0.2, 0) is 17.8 Å². The van der Waals surface area contributed by atoms with E-state index in [-0.39, 0.29) is 6.42 Å². The fourth-order valence-electron chi connectivity index (χ4n) is 2.60. The van der Waals surface area contributed by atoms with Crippen LogP contribution in [0, 0.1) is 5.92 Å². The smallest absolute Gasteiger partial charge is 0.307 e. The Hall–Kier alpha value is -1.35. The van der Waals surface area contributed by atoms with Crippen LogP contribution in [0.15, 0.2) is 24.3 Å². The lowest BCUT2D eigenvalue weighted by Crippen LogP contribution is -2.25. The highest BCUT2D eigenvalue weighted by atomic mass is 16.4. The maximum absolute atomic E-state index is 10.6. The maximum atomic E-state index is 10.6. The molecule has 2 atom stereocenters. The molecule has 2 unspecified atom stereocenters. The van der Waals surface area contributed by atoms with Crippen molar-refractivity contribution < 1.29 is 9.90 Å². The summed E-state index contributed by atoms with van der Waals surface area (Å²) in [5, 5.41) is 12.3. The lowest BCUT2D eigenvalue weighted by Gasteiger charge is -2.12. The van der Waals surface area contributed by atoms with Gasteiger partial charge in [0.15, 0.2) is 0 Å². The van der Waals surface area contributed by atoms with E-state index in [1.807, 2.05) is 24.3 Å². The molecule has 1 fully saturated rings. The summed E-state index contributed by atoms with van der Waals surface area (Å²) in [4.78, 5) is 10.6. The van der Waals surface area contributed by atoms with Gasteiger partial charge in [0.1, 0.15) is 0 Å². The summed E-state index contributed by atoms with van der Waals surface area (Å²) >= 11 is 0. The summed E-state index contributed by atoms with van der Waals surface area (Å²) in [6.45, 7) is 3.19. The molecule has 0 radical (unpaired) electrons. The standard InChI is InChI=1S/C15H21NO2/c1-11-2-7-14(8-11)16-10-13-5-3-12(4-6-13)9-15(17)18/h3-6,11,14,16H,2,7-10H2,1H3,(H,17,18). The number of hydrogen-bond acceptors (Lipinski definition) is 2. The van der Waals surface area contributed by atoms with E-state index < -0.39 is 5.97 Å². The first-order chi connectivity index (χ1) is 8.63. The Morgan fingerprint density at radius 1 is 1.28 bits per heavy atom. The van der Waals surface area contributed by atoms with Gasteiger partial charge in [0, 0.05) is 12.6 Å².